The van der Waals surface area contributed by atoms with Crippen molar-refractivity contribution in [1.82, 2.24) is 4.90 Å². The zero-order valence-corrected chi connectivity index (χ0v) is 11.1. The van der Waals surface area contributed by atoms with Crippen molar-refractivity contribution >= 4 is 11.6 Å². The molecule has 2 heterocycles. The monoisotopic (exact) mass is 234 g/mol. The Morgan fingerprint density at radius 1 is 1.41 bits per heavy atom. The van der Waals surface area contributed by atoms with Crippen molar-refractivity contribution in [1.29, 1.82) is 0 Å². The van der Waals surface area contributed by atoms with Gasteiger partial charge in [0, 0.05) is 13.1 Å². The van der Waals surface area contributed by atoms with Gasteiger partial charge < -0.3 is 4.90 Å². The Morgan fingerprint density at radius 3 is 2.53 bits per heavy atom. The van der Waals surface area contributed by atoms with Crippen LogP contribution in [0, 0.1) is 11.8 Å². The van der Waals surface area contributed by atoms with Gasteiger partial charge in [-0.2, -0.15) is 0 Å². The van der Waals surface area contributed by atoms with Crippen molar-refractivity contribution in [2.45, 2.75) is 33.6 Å². The van der Waals surface area contributed by atoms with Gasteiger partial charge in [-0.15, -0.1) is 0 Å². The fraction of sp³-hybridized carbons (Fsp3) is 0.714. The summed E-state index contributed by atoms with van der Waals surface area (Å²) in [5, 5.41) is 0. The van der Waals surface area contributed by atoms with E-state index in [-0.39, 0.29) is 5.91 Å². The fourth-order valence-corrected chi connectivity index (χ4v) is 2.60. The van der Waals surface area contributed by atoms with E-state index in [1.54, 1.807) is 0 Å². The highest BCUT2D eigenvalue weighted by Gasteiger charge is 2.27. The zero-order valence-electron chi connectivity index (χ0n) is 11.1. The molecule has 0 N–H and O–H groups in total. The minimum atomic E-state index is 0.129. The van der Waals surface area contributed by atoms with Crippen LogP contribution in [0.1, 0.15) is 33.6 Å². The number of piperidine rings is 1. The molecule has 3 heteroatoms. The average Bonchev–Trinajstić information content (AvgIpc) is 2.75. The van der Waals surface area contributed by atoms with Crippen molar-refractivity contribution in [2.75, 3.05) is 19.6 Å². The van der Waals surface area contributed by atoms with Crippen molar-refractivity contribution < 1.29 is 4.79 Å². The van der Waals surface area contributed by atoms with E-state index in [2.05, 4.69) is 18.8 Å². The summed E-state index contributed by atoms with van der Waals surface area (Å²) in [4.78, 5) is 18.4. The highest BCUT2D eigenvalue weighted by molar-refractivity contribution is 6.44. The van der Waals surface area contributed by atoms with Crippen molar-refractivity contribution in [3.8, 4) is 0 Å². The highest BCUT2D eigenvalue weighted by atomic mass is 16.2. The first kappa shape index (κ1) is 12.3. The van der Waals surface area contributed by atoms with Crippen LogP contribution in [-0.4, -0.2) is 36.2 Å². The van der Waals surface area contributed by atoms with E-state index in [1.807, 2.05) is 17.9 Å². The fourth-order valence-electron chi connectivity index (χ4n) is 2.60. The van der Waals surface area contributed by atoms with Crippen LogP contribution in [-0.2, 0) is 4.79 Å². The van der Waals surface area contributed by atoms with E-state index in [9.17, 15) is 4.79 Å². The second kappa shape index (κ2) is 5.03. The third-order valence-corrected chi connectivity index (χ3v) is 3.87. The lowest BCUT2D eigenvalue weighted by molar-refractivity contribution is -0.125. The third kappa shape index (κ3) is 2.76. The van der Waals surface area contributed by atoms with Gasteiger partial charge >= 0.3 is 0 Å². The van der Waals surface area contributed by atoms with Gasteiger partial charge in [-0.25, -0.2) is 0 Å². The molecule has 17 heavy (non-hydrogen) atoms. The van der Waals surface area contributed by atoms with Gasteiger partial charge in [0.1, 0.15) is 5.71 Å². The second-order valence-electron chi connectivity index (χ2n) is 5.57. The Kier molecular flexibility index (Phi) is 3.65. The first-order chi connectivity index (χ1) is 8.08. The molecule has 3 nitrogen and oxygen atoms in total. The molecule has 0 atom stereocenters. The van der Waals surface area contributed by atoms with E-state index in [0.29, 0.717) is 12.3 Å². The maximum Gasteiger partial charge on any atom is 0.272 e. The predicted octanol–water partition coefficient (Wildman–Crippen LogP) is 2.28. The van der Waals surface area contributed by atoms with Crippen LogP contribution in [0.2, 0.25) is 0 Å². The van der Waals surface area contributed by atoms with Gasteiger partial charge in [-0.3, -0.25) is 9.79 Å². The standard InChI is InChI=1S/C14H22N2O/c1-10(2)12-4-6-16(7-5-12)14(17)13-8-11(3)9-15-13/h8,10,12H,4-7,9H2,1-3H3. The summed E-state index contributed by atoms with van der Waals surface area (Å²) in [5.74, 6) is 1.64. The van der Waals surface area contributed by atoms with Gasteiger partial charge in [0.15, 0.2) is 0 Å². The molecule has 1 saturated heterocycles. The molecule has 2 rings (SSSR count). The van der Waals surface area contributed by atoms with Gasteiger partial charge in [0.25, 0.3) is 5.91 Å². The summed E-state index contributed by atoms with van der Waals surface area (Å²) in [7, 11) is 0. The summed E-state index contributed by atoms with van der Waals surface area (Å²) >= 11 is 0. The van der Waals surface area contributed by atoms with E-state index >= 15 is 0 Å². The molecule has 0 saturated carbocycles. The molecule has 2 aliphatic rings. The van der Waals surface area contributed by atoms with Crippen LogP contribution in [0.15, 0.2) is 16.6 Å². The van der Waals surface area contributed by atoms with Crippen LogP contribution in [0.25, 0.3) is 0 Å². The van der Waals surface area contributed by atoms with Gasteiger partial charge in [-0.05, 0) is 43.3 Å². The molecule has 0 unspecified atom stereocenters. The Hall–Kier alpha value is -1.12. The number of aliphatic imine (C=N–C) groups is 1. The highest BCUT2D eigenvalue weighted by Crippen LogP contribution is 2.24. The summed E-state index contributed by atoms with van der Waals surface area (Å²) in [6, 6.07) is 0. The number of carbonyl (C=O) groups is 1. The molecule has 0 aromatic carbocycles. The minimum absolute atomic E-state index is 0.129. The first-order valence-electron chi connectivity index (χ1n) is 6.59. The third-order valence-electron chi connectivity index (χ3n) is 3.87. The minimum Gasteiger partial charge on any atom is -0.337 e. The molecule has 2 aliphatic heterocycles. The molecule has 0 aliphatic carbocycles. The zero-order chi connectivity index (χ0) is 12.4. The number of carbonyl (C=O) groups excluding carboxylic acids is 1. The molecule has 0 aromatic heterocycles. The Balaban J connectivity index is 1.91. The lowest BCUT2D eigenvalue weighted by Crippen LogP contribution is -2.42. The lowest BCUT2D eigenvalue weighted by atomic mass is 9.86. The largest absolute Gasteiger partial charge is 0.337 e. The van der Waals surface area contributed by atoms with Crippen molar-refractivity contribution in [2.24, 2.45) is 16.8 Å². The first-order valence-corrected chi connectivity index (χ1v) is 6.59. The second-order valence-corrected chi connectivity index (χ2v) is 5.57. The van der Waals surface area contributed by atoms with E-state index < -0.39 is 0 Å². The molecule has 1 fully saturated rings. The number of hydrogen-bond donors (Lipinski definition) is 0. The Labute approximate surface area is 104 Å². The lowest BCUT2D eigenvalue weighted by Gasteiger charge is -2.33. The van der Waals surface area contributed by atoms with Gasteiger partial charge in [-0.1, -0.05) is 13.8 Å². The molecule has 0 radical (unpaired) electrons. The molecular formula is C14H22N2O. The Morgan fingerprint density at radius 2 is 2.06 bits per heavy atom. The predicted molar refractivity (Wildman–Crippen MR) is 70.2 cm³/mol. The van der Waals surface area contributed by atoms with E-state index in [4.69, 9.17) is 0 Å². The number of nitrogens with zero attached hydrogens (tertiary/aromatic N) is 2. The smallest absolute Gasteiger partial charge is 0.272 e. The summed E-state index contributed by atoms with van der Waals surface area (Å²) < 4.78 is 0. The maximum atomic E-state index is 12.2. The van der Waals surface area contributed by atoms with Crippen LogP contribution in [0.4, 0.5) is 0 Å². The average molecular weight is 234 g/mol. The molecule has 0 aromatic rings. The number of likely N-dealkylation sites (tertiary alicyclic amines) is 1. The van der Waals surface area contributed by atoms with E-state index in [1.165, 1.54) is 5.57 Å². The van der Waals surface area contributed by atoms with Gasteiger partial charge in [0.2, 0.25) is 0 Å². The van der Waals surface area contributed by atoms with E-state index in [0.717, 1.165) is 37.8 Å². The van der Waals surface area contributed by atoms with Gasteiger partial charge in [0.05, 0.1) is 6.54 Å². The van der Waals surface area contributed by atoms with Crippen LogP contribution >= 0.6 is 0 Å². The number of hydrogen-bond acceptors (Lipinski definition) is 2. The summed E-state index contributed by atoms with van der Waals surface area (Å²) in [6.07, 6.45) is 4.20. The Bertz CT molecular complexity index is 360. The molecule has 0 bridgehead atoms. The van der Waals surface area contributed by atoms with Crippen LogP contribution in [0.5, 0.6) is 0 Å². The van der Waals surface area contributed by atoms with Crippen LogP contribution < -0.4 is 0 Å². The molecule has 94 valence electrons. The topological polar surface area (TPSA) is 32.7 Å². The molecule has 0 spiro atoms. The number of rotatable bonds is 2. The van der Waals surface area contributed by atoms with Crippen LogP contribution in [0.3, 0.4) is 0 Å². The normalized spacial score (nSPS) is 21.8. The summed E-state index contributed by atoms with van der Waals surface area (Å²) in [6.45, 7) is 9.06. The van der Waals surface area contributed by atoms with Crippen molar-refractivity contribution in [3.05, 3.63) is 11.6 Å². The quantitative estimate of drug-likeness (QED) is 0.721. The SMILES string of the molecule is CC1=CC(C(=O)N2CCC(C(C)C)CC2)=NC1. The molecular weight excluding hydrogens is 212 g/mol. The number of amides is 1. The summed E-state index contributed by atoms with van der Waals surface area (Å²) in [5.41, 5.74) is 1.84. The van der Waals surface area contributed by atoms with Crippen molar-refractivity contribution in [3.63, 3.8) is 0 Å². The molecule has 1 amide bonds. The maximum absolute atomic E-state index is 12.2.